The fourth-order valence-corrected chi connectivity index (χ4v) is 4.33. The molecule has 1 aliphatic rings. The average molecular weight is 363 g/mol. The molecule has 1 heterocycles. The minimum absolute atomic E-state index is 0.0531. The second kappa shape index (κ2) is 5.71. The van der Waals surface area contributed by atoms with E-state index in [1.165, 1.54) is 23.5 Å². The first-order valence-electron chi connectivity index (χ1n) is 5.99. The smallest absolute Gasteiger partial charge is 0.310 e. The van der Waals surface area contributed by atoms with E-state index in [4.69, 9.17) is 5.73 Å². The summed E-state index contributed by atoms with van der Waals surface area (Å²) in [5.41, 5.74) is 5.94. The predicted molar refractivity (Wildman–Crippen MR) is 77.4 cm³/mol. The van der Waals surface area contributed by atoms with Gasteiger partial charge in [0.05, 0.1) is 18.7 Å². The zero-order valence-corrected chi connectivity index (χ0v) is 13.3. The van der Waals surface area contributed by atoms with Crippen LogP contribution in [0.15, 0.2) is 27.6 Å². The molecule has 0 spiro atoms. The molecule has 1 aliphatic heterocycles. The lowest BCUT2D eigenvalue weighted by Gasteiger charge is -2.17. The summed E-state index contributed by atoms with van der Waals surface area (Å²) in [5.74, 6) is -0.798. The summed E-state index contributed by atoms with van der Waals surface area (Å²) in [6.45, 7) is 0.412. The first-order chi connectivity index (χ1) is 9.36. The fourth-order valence-electron chi connectivity index (χ4n) is 2.18. The van der Waals surface area contributed by atoms with Crippen LogP contribution < -0.4 is 5.73 Å². The third-order valence-electron chi connectivity index (χ3n) is 3.28. The molecule has 1 fully saturated rings. The number of hydrogen-bond acceptors (Lipinski definition) is 5. The van der Waals surface area contributed by atoms with Gasteiger partial charge in [0.15, 0.2) is 0 Å². The normalized spacial score (nSPS) is 20.0. The highest BCUT2D eigenvalue weighted by Crippen LogP contribution is 2.29. The van der Waals surface area contributed by atoms with Crippen LogP contribution in [0.2, 0.25) is 0 Å². The summed E-state index contributed by atoms with van der Waals surface area (Å²) in [6, 6.07) is 4.68. The van der Waals surface area contributed by atoms with E-state index in [1.54, 1.807) is 6.07 Å². The lowest BCUT2D eigenvalue weighted by molar-refractivity contribution is -0.144. The number of esters is 1. The highest BCUT2D eigenvalue weighted by atomic mass is 79.9. The second-order valence-corrected chi connectivity index (χ2v) is 7.38. The Labute approximate surface area is 126 Å². The van der Waals surface area contributed by atoms with E-state index < -0.39 is 15.9 Å². The second-order valence-electron chi connectivity index (χ2n) is 4.55. The Balaban J connectivity index is 2.28. The first kappa shape index (κ1) is 15.3. The van der Waals surface area contributed by atoms with Crippen LogP contribution in [-0.2, 0) is 19.6 Å². The molecule has 1 aromatic carbocycles. The quantitative estimate of drug-likeness (QED) is 0.644. The SMILES string of the molecule is COC(=O)C1CCN(S(=O)(=O)c2cc(Br)ccc2N)C1. The van der Waals surface area contributed by atoms with E-state index in [0.717, 1.165) is 0 Å². The Morgan fingerprint density at radius 1 is 1.50 bits per heavy atom. The Kier molecular flexibility index (Phi) is 4.36. The molecule has 20 heavy (non-hydrogen) atoms. The number of halogens is 1. The zero-order chi connectivity index (χ0) is 14.9. The summed E-state index contributed by atoms with van der Waals surface area (Å²) < 4.78 is 31.6. The molecule has 110 valence electrons. The third kappa shape index (κ3) is 2.82. The number of hydrogen-bond donors (Lipinski definition) is 1. The molecule has 1 atom stereocenters. The average Bonchev–Trinajstić information content (AvgIpc) is 2.91. The molecule has 1 aromatic rings. The van der Waals surface area contributed by atoms with E-state index >= 15 is 0 Å². The summed E-state index contributed by atoms with van der Waals surface area (Å²) in [6.07, 6.45) is 0.458. The van der Waals surface area contributed by atoms with Crippen molar-refractivity contribution in [3.8, 4) is 0 Å². The topological polar surface area (TPSA) is 89.7 Å². The van der Waals surface area contributed by atoms with Gasteiger partial charge in [-0.3, -0.25) is 4.79 Å². The Morgan fingerprint density at radius 3 is 2.85 bits per heavy atom. The van der Waals surface area contributed by atoms with Gasteiger partial charge in [-0.2, -0.15) is 4.31 Å². The molecule has 1 saturated heterocycles. The van der Waals surface area contributed by atoms with Crippen LogP contribution in [0.3, 0.4) is 0 Å². The van der Waals surface area contributed by atoms with Crippen LogP contribution in [0.1, 0.15) is 6.42 Å². The number of nitrogen functional groups attached to an aromatic ring is 1. The van der Waals surface area contributed by atoms with Crippen LogP contribution in [0.5, 0.6) is 0 Å². The Morgan fingerprint density at radius 2 is 2.20 bits per heavy atom. The summed E-state index contributed by atoms with van der Waals surface area (Å²) in [5, 5.41) is 0. The standard InChI is InChI=1S/C12H15BrN2O4S/c1-19-12(16)8-4-5-15(7-8)20(17,18)11-6-9(13)2-3-10(11)14/h2-3,6,8H,4-5,7,14H2,1H3. The molecule has 8 heteroatoms. The molecular formula is C12H15BrN2O4S. The zero-order valence-electron chi connectivity index (χ0n) is 10.9. The number of carbonyl (C=O) groups is 1. The summed E-state index contributed by atoms with van der Waals surface area (Å²) in [4.78, 5) is 11.5. The molecule has 0 aromatic heterocycles. The van der Waals surface area contributed by atoms with Crippen molar-refractivity contribution in [3.05, 3.63) is 22.7 Å². The maximum absolute atomic E-state index is 12.5. The summed E-state index contributed by atoms with van der Waals surface area (Å²) >= 11 is 3.23. The lowest BCUT2D eigenvalue weighted by Crippen LogP contribution is -2.30. The van der Waals surface area contributed by atoms with Gasteiger partial charge in [0, 0.05) is 17.6 Å². The lowest BCUT2D eigenvalue weighted by atomic mass is 10.1. The van der Waals surface area contributed by atoms with Gasteiger partial charge in [-0.05, 0) is 24.6 Å². The molecule has 2 rings (SSSR count). The highest BCUT2D eigenvalue weighted by Gasteiger charge is 2.37. The van der Waals surface area contributed by atoms with Gasteiger partial charge < -0.3 is 10.5 Å². The van der Waals surface area contributed by atoms with Crippen LogP contribution >= 0.6 is 15.9 Å². The number of ether oxygens (including phenoxy) is 1. The van der Waals surface area contributed by atoms with Crippen molar-refractivity contribution < 1.29 is 17.9 Å². The highest BCUT2D eigenvalue weighted by molar-refractivity contribution is 9.10. The van der Waals surface area contributed by atoms with Crippen molar-refractivity contribution in [3.63, 3.8) is 0 Å². The van der Waals surface area contributed by atoms with Crippen LogP contribution in [0, 0.1) is 5.92 Å². The van der Waals surface area contributed by atoms with E-state index in [0.29, 0.717) is 10.9 Å². The number of carbonyl (C=O) groups excluding carboxylic acids is 1. The molecule has 2 N–H and O–H groups in total. The molecule has 0 aliphatic carbocycles. The molecule has 0 radical (unpaired) electrons. The van der Waals surface area contributed by atoms with Crippen LogP contribution in [0.4, 0.5) is 5.69 Å². The van der Waals surface area contributed by atoms with Crippen molar-refractivity contribution in [1.29, 1.82) is 0 Å². The molecule has 0 bridgehead atoms. The molecule has 1 unspecified atom stereocenters. The van der Waals surface area contributed by atoms with Gasteiger partial charge in [0.1, 0.15) is 4.90 Å². The minimum Gasteiger partial charge on any atom is -0.469 e. The summed E-state index contributed by atoms with van der Waals surface area (Å²) in [7, 11) is -2.40. The van der Waals surface area contributed by atoms with Crippen molar-refractivity contribution in [1.82, 2.24) is 4.31 Å². The number of methoxy groups -OCH3 is 1. The fraction of sp³-hybridized carbons (Fsp3) is 0.417. The number of nitrogens with zero attached hydrogens (tertiary/aromatic N) is 1. The van der Waals surface area contributed by atoms with Gasteiger partial charge in [-0.1, -0.05) is 15.9 Å². The van der Waals surface area contributed by atoms with E-state index in [2.05, 4.69) is 20.7 Å². The Bertz CT molecular complexity index is 632. The van der Waals surface area contributed by atoms with E-state index in [-0.39, 0.29) is 29.6 Å². The number of benzene rings is 1. The molecule has 0 amide bonds. The van der Waals surface area contributed by atoms with Crippen LogP contribution in [0.25, 0.3) is 0 Å². The van der Waals surface area contributed by atoms with Gasteiger partial charge >= 0.3 is 5.97 Å². The maximum atomic E-state index is 12.5. The molecule has 6 nitrogen and oxygen atoms in total. The number of anilines is 1. The number of nitrogens with two attached hydrogens (primary N) is 1. The number of rotatable bonds is 3. The van der Waals surface area contributed by atoms with Crippen molar-refractivity contribution in [2.45, 2.75) is 11.3 Å². The van der Waals surface area contributed by atoms with Gasteiger partial charge in [0.25, 0.3) is 0 Å². The molecule has 0 saturated carbocycles. The third-order valence-corrected chi connectivity index (χ3v) is 5.69. The molecular weight excluding hydrogens is 348 g/mol. The van der Waals surface area contributed by atoms with Gasteiger partial charge in [0.2, 0.25) is 10.0 Å². The maximum Gasteiger partial charge on any atom is 0.310 e. The monoisotopic (exact) mass is 362 g/mol. The van der Waals surface area contributed by atoms with Gasteiger partial charge in [-0.25, -0.2) is 8.42 Å². The van der Waals surface area contributed by atoms with Crippen molar-refractivity contribution >= 4 is 37.6 Å². The minimum atomic E-state index is -3.70. The first-order valence-corrected chi connectivity index (χ1v) is 8.22. The largest absolute Gasteiger partial charge is 0.469 e. The predicted octanol–water partition coefficient (Wildman–Crippen LogP) is 1.21. The van der Waals surface area contributed by atoms with Gasteiger partial charge in [-0.15, -0.1) is 0 Å². The Hall–Kier alpha value is -1.12. The van der Waals surface area contributed by atoms with Crippen molar-refractivity contribution in [2.24, 2.45) is 5.92 Å². The van der Waals surface area contributed by atoms with E-state index in [9.17, 15) is 13.2 Å². The van der Waals surface area contributed by atoms with Crippen LogP contribution in [-0.4, -0.2) is 38.9 Å². The van der Waals surface area contributed by atoms with Crippen molar-refractivity contribution in [2.75, 3.05) is 25.9 Å². The number of sulfonamides is 1. The van der Waals surface area contributed by atoms with E-state index in [1.807, 2.05) is 0 Å².